The number of likely N-dealkylation sites (N-methyl/N-ethyl adjacent to an activating group) is 2. The molecule has 1 heterocycles. The van der Waals surface area contributed by atoms with Gasteiger partial charge in [-0.3, -0.25) is 0 Å². The van der Waals surface area contributed by atoms with Gasteiger partial charge in [-0.05, 0) is 198 Å². The lowest BCUT2D eigenvalue weighted by molar-refractivity contribution is 0.201. The van der Waals surface area contributed by atoms with Gasteiger partial charge in [0.25, 0.3) is 0 Å². The maximum atomic E-state index is 14.0. The average molecular weight is 743 g/mol. The number of methoxy groups -OCH3 is 4. The lowest BCUT2D eigenvalue weighted by Gasteiger charge is -2.33. The van der Waals surface area contributed by atoms with Crippen molar-refractivity contribution in [2.75, 3.05) is 54.9 Å². The van der Waals surface area contributed by atoms with Crippen LogP contribution < -0.4 is 40.2 Å². The molecule has 4 aromatic rings. The molecule has 52 heavy (non-hydrogen) atoms. The van der Waals surface area contributed by atoms with Gasteiger partial charge in [-0.25, -0.2) is 4.79 Å². The smallest absolute Gasteiger partial charge is 0.320 e. The van der Waals surface area contributed by atoms with Crippen LogP contribution in [0.25, 0.3) is 0 Å². The van der Waals surface area contributed by atoms with Crippen molar-refractivity contribution in [2.24, 2.45) is 0 Å². The van der Waals surface area contributed by atoms with Gasteiger partial charge in [-0.1, -0.05) is 0 Å². The van der Waals surface area contributed by atoms with E-state index in [1.165, 1.54) is 21.2 Å². The van der Waals surface area contributed by atoms with Crippen molar-refractivity contribution in [1.29, 1.82) is 0 Å². The van der Waals surface area contributed by atoms with Crippen LogP contribution >= 0.6 is 15.8 Å². The fourth-order valence-corrected chi connectivity index (χ4v) is 14.2. The third-order valence-corrected chi connectivity index (χ3v) is 15.6. The van der Waals surface area contributed by atoms with Crippen molar-refractivity contribution in [3.05, 3.63) is 93.0 Å². The fraction of sp³-hybridized carbons (Fsp3) is 0.419. The molecule has 1 fully saturated rings. The number of aryl methyl sites for hydroxylation is 8. The second-order valence-corrected chi connectivity index (χ2v) is 18.8. The molecular formula is C43H56N2O5P2. The van der Waals surface area contributed by atoms with E-state index in [1.807, 2.05) is 23.9 Å². The Hall–Kier alpha value is -3.79. The van der Waals surface area contributed by atoms with E-state index in [0.29, 0.717) is 0 Å². The van der Waals surface area contributed by atoms with E-state index in [0.717, 1.165) is 79.8 Å². The predicted octanol–water partition coefficient (Wildman–Crippen LogP) is 7.49. The van der Waals surface area contributed by atoms with Crippen molar-refractivity contribution in [3.63, 3.8) is 0 Å². The molecule has 9 heteroatoms. The Kier molecular flexibility index (Phi) is 12.2. The largest absolute Gasteiger partial charge is 0.496 e. The highest BCUT2D eigenvalue weighted by atomic mass is 31.1. The van der Waals surface area contributed by atoms with E-state index < -0.39 is 15.8 Å². The van der Waals surface area contributed by atoms with Gasteiger partial charge in [0.05, 0.1) is 40.5 Å². The second kappa shape index (κ2) is 16.1. The Balaban J connectivity index is 1.66. The first-order valence-corrected chi connectivity index (χ1v) is 20.9. The van der Waals surface area contributed by atoms with Crippen molar-refractivity contribution in [1.82, 2.24) is 9.80 Å². The summed E-state index contributed by atoms with van der Waals surface area (Å²) in [6, 6.07) is 18.4. The average Bonchev–Trinajstić information content (AvgIpc) is 3.27. The van der Waals surface area contributed by atoms with Crippen molar-refractivity contribution < 1.29 is 23.7 Å². The van der Waals surface area contributed by atoms with E-state index in [9.17, 15) is 4.79 Å². The minimum absolute atomic E-state index is 0.0140. The third-order valence-electron chi connectivity index (χ3n) is 10.6. The first kappa shape index (κ1) is 39.4. The van der Waals surface area contributed by atoms with E-state index in [2.05, 4.69) is 104 Å². The molecule has 0 unspecified atom stereocenters. The van der Waals surface area contributed by atoms with Crippen LogP contribution in [0.5, 0.6) is 23.0 Å². The Morgan fingerprint density at radius 2 is 0.635 bits per heavy atom. The molecule has 0 spiro atoms. The molecule has 2 atom stereocenters. The molecule has 1 saturated heterocycles. The number of amides is 2. The molecule has 2 amide bonds. The number of nitrogens with zero attached hydrogens (tertiary/aromatic N) is 2. The first-order valence-electron chi connectivity index (χ1n) is 17.8. The molecule has 0 saturated carbocycles. The summed E-state index contributed by atoms with van der Waals surface area (Å²) in [6.45, 7) is 17.0. The summed E-state index contributed by atoms with van der Waals surface area (Å²) >= 11 is 0. The zero-order valence-electron chi connectivity index (χ0n) is 33.5. The first-order chi connectivity index (χ1) is 24.6. The van der Waals surface area contributed by atoms with E-state index in [4.69, 9.17) is 18.9 Å². The number of hydrogen-bond donors (Lipinski definition) is 0. The summed E-state index contributed by atoms with van der Waals surface area (Å²) in [5.41, 5.74) is 8.97. The van der Waals surface area contributed by atoms with E-state index in [-0.39, 0.29) is 18.1 Å². The number of carbonyl (C=O) groups is 1. The highest BCUT2D eigenvalue weighted by molar-refractivity contribution is 7.73. The molecule has 7 nitrogen and oxygen atoms in total. The highest BCUT2D eigenvalue weighted by Crippen LogP contribution is 2.45. The maximum Gasteiger partial charge on any atom is 0.320 e. The van der Waals surface area contributed by atoms with E-state index in [1.54, 1.807) is 28.4 Å². The molecule has 278 valence electrons. The Labute approximate surface area is 314 Å². The van der Waals surface area contributed by atoms with Crippen LogP contribution in [0.4, 0.5) is 4.79 Å². The SMILES string of the molecule is COc1c(C)cc(P(C[C@@H]2[C@@H](CP(c3cc(C)c(OC)c(C)c3)c3cc(C)c(OC)c(C)c3)N(C)C(=O)N2C)c2cc(C)c(OC)c(C)c2)cc1C. The molecule has 5 rings (SSSR count). The van der Waals surface area contributed by atoms with Crippen molar-refractivity contribution in [3.8, 4) is 23.0 Å². The summed E-state index contributed by atoms with van der Waals surface area (Å²) in [5.74, 6) is 3.69. The number of benzene rings is 4. The number of ether oxygens (including phenoxy) is 4. The van der Waals surface area contributed by atoms with Crippen molar-refractivity contribution in [2.45, 2.75) is 67.5 Å². The monoisotopic (exact) mass is 742 g/mol. The summed E-state index contributed by atoms with van der Waals surface area (Å²) in [7, 11) is 9.17. The van der Waals surface area contributed by atoms with Gasteiger partial charge < -0.3 is 28.7 Å². The molecule has 0 N–H and O–H groups in total. The minimum atomic E-state index is -0.878. The van der Waals surface area contributed by atoms with Crippen LogP contribution in [0.2, 0.25) is 0 Å². The van der Waals surface area contributed by atoms with Gasteiger partial charge >= 0.3 is 6.03 Å². The lowest BCUT2D eigenvalue weighted by atomic mass is 10.1. The molecule has 1 aliphatic heterocycles. The summed E-state index contributed by atoms with van der Waals surface area (Å²) in [4.78, 5) is 18.0. The molecule has 0 aromatic heterocycles. The molecule has 0 bridgehead atoms. The predicted molar refractivity (Wildman–Crippen MR) is 220 cm³/mol. The van der Waals surface area contributed by atoms with Crippen LogP contribution in [0, 0.1) is 55.4 Å². The van der Waals surface area contributed by atoms with Gasteiger partial charge in [-0.2, -0.15) is 0 Å². The fourth-order valence-electron chi connectivity index (χ4n) is 8.25. The molecule has 0 aliphatic carbocycles. The van der Waals surface area contributed by atoms with Gasteiger partial charge in [-0.15, -0.1) is 0 Å². The molecular weight excluding hydrogens is 686 g/mol. The summed E-state index contributed by atoms with van der Waals surface area (Å²) < 4.78 is 23.2. The third kappa shape index (κ3) is 7.50. The van der Waals surface area contributed by atoms with E-state index >= 15 is 0 Å². The Bertz CT molecular complexity index is 1630. The summed E-state index contributed by atoms with van der Waals surface area (Å²) in [5, 5.41) is 5.14. The lowest BCUT2D eigenvalue weighted by Crippen LogP contribution is -2.42. The number of hydrogen-bond acceptors (Lipinski definition) is 5. The van der Waals surface area contributed by atoms with Crippen LogP contribution in [0.1, 0.15) is 44.5 Å². The van der Waals surface area contributed by atoms with Gasteiger partial charge in [0, 0.05) is 14.1 Å². The number of urea groups is 1. The second-order valence-electron chi connectivity index (χ2n) is 14.3. The normalized spacial score (nSPS) is 16.0. The van der Waals surface area contributed by atoms with Gasteiger partial charge in [0.2, 0.25) is 0 Å². The standard InChI is InChI=1S/C43H56N2O5P2/c1-25-15-33(16-26(2)39(25)47-11)51(34-17-27(3)40(48-12)28(4)18-34)23-37-38(45(10)43(46)44(37)9)24-52(35-19-29(5)41(49-13)30(6)20-35)36-21-31(7)42(50-14)32(8)22-36/h15-22,37-38H,23-24H2,1-14H3/t37-,38-/m1/s1. The van der Waals surface area contributed by atoms with Crippen LogP contribution in [0.3, 0.4) is 0 Å². The Morgan fingerprint density at radius 1 is 0.442 bits per heavy atom. The van der Waals surface area contributed by atoms with Crippen molar-refractivity contribution >= 4 is 43.1 Å². The molecule has 4 aromatic carbocycles. The summed E-state index contributed by atoms with van der Waals surface area (Å²) in [6.07, 6.45) is 1.65. The molecule has 0 radical (unpaired) electrons. The van der Waals surface area contributed by atoms with Crippen LogP contribution in [0.15, 0.2) is 48.5 Å². The number of rotatable bonds is 12. The maximum absolute atomic E-state index is 14.0. The number of carbonyl (C=O) groups excluding carboxylic acids is 1. The molecule has 1 aliphatic rings. The Morgan fingerprint density at radius 3 is 0.808 bits per heavy atom. The topological polar surface area (TPSA) is 60.5 Å². The van der Waals surface area contributed by atoms with Gasteiger partial charge in [0.1, 0.15) is 23.0 Å². The minimum Gasteiger partial charge on any atom is -0.496 e. The van der Waals surface area contributed by atoms with Gasteiger partial charge in [0.15, 0.2) is 0 Å². The van der Waals surface area contributed by atoms with Crippen LogP contribution in [-0.4, -0.2) is 82.8 Å². The quantitative estimate of drug-likeness (QED) is 0.141. The zero-order chi connectivity index (χ0) is 38.2. The highest BCUT2D eigenvalue weighted by Gasteiger charge is 2.44. The van der Waals surface area contributed by atoms with Crippen LogP contribution in [-0.2, 0) is 0 Å². The zero-order valence-corrected chi connectivity index (χ0v) is 35.3.